The fourth-order valence-corrected chi connectivity index (χ4v) is 3.22. The molecule has 0 saturated carbocycles. The Balaban J connectivity index is 1.92. The summed E-state index contributed by atoms with van der Waals surface area (Å²) in [5.41, 5.74) is -2.19. The standard InChI is InChI=1S/C15H9F5N4O2S/c16-10-6-13(11(17)5-9(10)15(18,19)20)24-27(25,26)8-4-14(21-7-8)12-2-1-3-22-23-12/h1-7,21,24H. The largest absolute Gasteiger partial charge is 0.419 e. The molecular weight excluding hydrogens is 395 g/mol. The van der Waals surface area contributed by atoms with Crippen LogP contribution >= 0.6 is 0 Å². The van der Waals surface area contributed by atoms with Crippen LogP contribution in [0.15, 0.2) is 47.6 Å². The van der Waals surface area contributed by atoms with Crippen molar-refractivity contribution in [2.24, 2.45) is 0 Å². The molecule has 0 atom stereocenters. The number of aromatic nitrogens is 3. The molecule has 0 fully saturated rings. The molecule has 0 aliphatic carbocycles. The topological polar surface area (TPSA) is 87.7 Å². The van der Waals surface area contributed by atoms with E-state index >= 15 is 0 Å². The Labute approximate surface area is 149 Å². The molecular formula is C15H9F5N4O2S. The number of alkyl halides is 3. The minimum atomic E-state index is -5.12. The SMILES string of the molecule is O=S(=O)(Nc1cc(F)c(C(F)(F)F)cc1F)c1c[nH]c(-c2cccnn2)c1. The van der Waals surface area contributed by atoms with E-state index in [0.29, 0.717) is 5.69 Å². The number of H-pyrrole nitrogens is 1. The molecule has 0 aliphatic rings. The van der Waals surface area contributed by atoms with Gasteiger partial charge in [-0.3, -0.25) is 4.72 Å². The van der Waals surface area contributed by atoms with Crippen LogP contribution in [0.4, 0.5) is 27.6 Å². The van der Waals surface area contributed by atoms with Gasteiger partial charge in [-0.15, -0.1) is 5.10 Å². The van der Waals surface area contributed by atoms with Gasteiger partial charge < -0.3 is 4.98 Å². The third-order valence-corrected chi connectivity index (χ3v) is 4.77. The molecule has 1 aromatic carbocycles. The molecule has 0 bridgehead atoms. The highest BCUT2D eigenvalue weighted by Gasteiger charge is 2.35. The Kier molecular flexibility index (Phi) is 4.59. The molecule has 0 saturated heterocycles. The van der Waals surface area contributed by atoms with Crippen molar-refractivity contribution >= 4 is 15.7 Å². The summed E-state index contributed by atoms with van der Waals surface area (Å²) in [6.45, 7) is 0. The summed E-state index contributed by atoms with van der Waals surface area (Å²) in [6, 6.07) is 4.29. The van der Waals surface area contributed by atoms with Crippen molar-refractivity contribution in [1.29, 1.82) is 0 Å². The first-order valence-electron chi connectivity index (χ1n) is 7.13. The molecule has 6 nitrogen and oxygen atoms in total. The molecule has 27 heavy (non-hydrogen) atoms. The van der Waals surface area contributed by atoms with Crippen LogP contribution in [0.25, 0.3) is 11.4 Å². The van der Waals surface area contributed by atoms with Crippen molar-refractivity contribution in [2.45, 2.75) is 11.1 Å². The summed E-state index contributed by atoms with van der Waals surface area (Å²) >= 11 is 0. The highest BCUT2D eigenvalue weighted by atomic mass is 32.2. The van der Waals surface area contributed by atoms with E-state index in [-0.39, 0.29) is 22.7 Å². The van der Waals surface area contributed by atoms with E-state index in [4.69, 9.17) is 0 Å². The first kappa shape index (κ1) is 18.8. The second kappa shape index (κ2) is 6.61. The van der Waals surface area contributed by atoms with Gasteiger partial charge in [0.05, 0.1) is 16.9 Å². The molecule has 0 radical (unpaired) electrons. The van der Waals surface area contributed by atoms with Crippen molar-refractivity contribution in [3.8, 4) is 11.4 Å². The number of hydrogen-bond donors (Lipinski definition) is 2. The number of anilines is 1. The lowest BCUT2D eigenvalue weighted by atomic mass is 10.2. The molecule has 0 spiro atoms. The van der Waals surface area contributed by atoms with Gasteiger partial charge in [-0.05, 0) is 24.3 Å². The number of sulfonamides is 1. The van der Waals surface area contributed by atoms with Crippen LogP contribution < -0.4 is 4.72 Å². The third-order valence-electron chi connectivity index (χ3n) is 3.42. The van der Waals surface area contributed by atoms with E-state index < -0.39 is 39.1 Å². The smallest absolute Gasteiger partial charge is 0.359 e. The van der Waals surface area contributed by atoms with E-state index in [1.54, 1.807) is 16.9 Å². The number of nitrogens with zero attached hydrogens (tertiary/aromatic N) is 2. The van der Waals surface area contributed by atoms with Gasteiger partial charge in [0.25, 0.3) is 10.0 Å². The van der Waals surface area contributed by atoms with E-state index in [1.165, 1.54) is 6.20 Å². The molecule has 12 heteroatoms. The second-order valence-electron chi connectivity index (χ2n) is 5.27. The number of nitrogens with one attached hydrogen (secondary N) is 2. The van der Waals surface area contributed by atoms with E-state index in [1.807, 2.05) is 0 Å². The number of benzene rings is 1. The zero-order valence-corrected chi connectivity index (χ0v) is 13.9. The van der Waals surface area contributed by atoms with Crippen LogP contribution in [-0.4, -0.2) is 23.6 Å². The van der Waals surface area contributed by atoms with Gasteiger partial charge in [0.15, 0.2) is 0 Å². The Hall–Kier alpha value is -3.02. The van der Waals surface area contributed by atoms with Crippen molar-refractivity contribution in [1.82, 2.24) is 15.2 Å². The maximum atomic E-state index is 13.9. The fraction of sp³-hybridized carbons (Fsp3) is 0.0667. The van der Waals surface area contributed by atoms with Crippen LogP contribution in [0.2, 0.25) is 0 Å². The van der Waals surface area contributed by atoms with E-state index in [2.05, 4.69) is 15.2 Å². The molecule has 0 unspecified atom stereocenters. The number of halogens is 5. The van der Waals surface area contributed by atoms with Gasteiger partial charge >= 0.3 is 6.18 Å². The summed E-state index contributed by atoms with van der Waals surface area (Å²) in [5, 5.41) is 7.41. The summed E-state index contributed by atoms with van der Waals surface area (Å²) in [6.07, 6.45) is -2.65. The van der Waals surface area contributed by atoms with Gasteiger partial charge in [-0.1, -0.05) is 0 Å². The molecule has 2 heterocycles. The summed E-state index contributed by atoms with van der Waals surface area (Å²) < 4.78 is 91.5. The number of rotatable bonds is 4. The van der Waals surface area contributed by atoms with Gasteiger partial charge in [-0.2, -0.15) is 18.3 Å². The Morgan fingerprint density at radius 3 is 2.44 bits per heavy atom. The summed E-state index contributed by atoms with van der Waals surface area (Å²) in [5.74, 6) is -3.38. The normalized spacial score (nSPS) is 12.2. The van der Waals surface area contributed by atoms with Crippen molar-refractivity contribution < 1.29 is 30.4 Å². The summed E-state index contributed by atoms with van der Waals surface area (Å²) in [7, 11) is -4.41. The van der Waals surface area contributed by atoms with Crippen LogP contribution in [0.3, 0.4) is 0 Å². The van der Waals surface area contributed by atoms with Crippen LogP contribution in [0.5, 0.6) is 0 Å². The molecule has 3 aromatic rings. The quantitative estimate of drug-likeness (QED) is 0.651. The fourth-order valence-electron chi connectivity index (χ4n) is 2.17. The third kappa shape index (κ3) is 3.89. The number of aromatic amines is 1. The van der Waals surface area contributed by atoms with E-state index in [9.17, 15) is 30.4 Å². The molecule has 142 valence electrons. The lowest BCUT2D eigenvalue weighted by Gasteiger charge is -2.12. The van der Waals surface area contributed by atoms with Crippen molar-refractivity contribution in [3.63, 3.8) is 0 Å². The van der Waals surface area contributed by atoms with Crippen LogP contribution in [0, 0.1) is 11.6 Å². The second-order valence-corrected chi connectivity index (χ2v) is 6.96. The highest BCUT2D eigenvalue weighted by Crippen LogP contribution is 2.34. The monoisotopic (exact) mass is 404 g/mol. The average Bonchev–Trinajstić information content (AvgIpc) is 3.08. The molecule has 2 N–H and O–H groups in total. The minimum Gasteiger partial charge on any atom is -0.359 e. The first-order valence-corrected chi connectivity index (χ1v) is 8.62. The Bertz CT molecular complexity index is 1080. The first-order chi connectivity index (χ1) is 12.6. The van der Waals surface area contributed by atoms with Crippen LogP contribution in [-0.2, 0) is 16.2 Å². The van der Waals surface area contributed by atoms with E-state index in [0.717, 1.165) is 12.3 Å². The van der Waals surface area contributed by atoms with Crippen LogP contribution in [0.1, 0.15) is 5.56 Å². The van der Waals surface area contributed by atoms with Gasteiger partial charge in [0, 0.05) is 18.5 Å². The summed E-state index contributed by atoms with van der Waals surface area (Å²) in [4.78, 5) is 2.27. The maximum absolute atomic E-state index is 13.9. The highest BCUT2D eigenvalue weighted by molar-refractivity contribution is 7.92. The lowest BCUT2D eigenvalue weighted by Crippen LogP contribution is -2.15. The molecule has 0 amide bonds. The number of hydrogen-bond acceptors (Lipinski definition) is 4. The van der Waals surface area contributed by atoms with Gasteiger partial charge in [0.2, 0.25) is 0 Å². The zero-order valence-electron chi connectivity index (χ0n) is 13.1. The predicted molar refractivity (Wildman–Crippen MR) is 84.0 cm³/mol. The van der Waals surface area contributed by atoms with Gasteiger partial charge in [0.1, 0.15) is 22.2 Å². The predicted octanol–water partition coefficient (Wildman–Crippen LogP) is 3.57. The minimum absolute atomic E-state index is 0.116. The average molecular weight is 404 g/mol. The van der Waals surface area contributed by atoms with Gasteiger partial charge in [-0.25, -0.2) is 17.2 Å². The Morgan fingerprint density at radius 2 is 1.81 bits per heavy atom. The lowest BCUT2D eigenvalue weighted by molar-refractivity contribution is -0.140. The molecule has 0 aliphatic heterocycles. The molecule has 3 rings (SSSR count). The maximum Gasteiger partial charge on any atom is 0.419 e. The van der Waals surface area contributed by atoms with Crippen molar-refractivity contribution in [2.75, 3.05) is 4.72 Å². The van der Waals surface area contributed by atoms with Crippen molar-refractivity contribution in [3.05, 3.63) is 59.9 Å². The Morgan fingerprint density at radius 1 is 1.07 bits per heavy atom. The molecule has 2 aromatic heterocycles. The zero-order chi connectivity index (χ0) is 19.8.